The molecule has 0 radical (unpaired) electrons. The van der Waals surface area contributed by atoms with Crippen molar-refractivity contribution in [3.63, 3.8) is 0 Å². The maximum Gasteiger partial charge on any atom is 0.425 e. The second-order valence-electron chi connectivity index (χ2n) is 2.76. The Bertz CT molecular complexity index is 476. The molecular weight excluding hydrogens is 280 g/mol. The lowest BCUT2D eigenvalue weighted by atomic mass is 10.5. The maximum atomic E-state index is 10.9. The van der Waals surface area contributed by atoms with Crippen LogP contribution < -0.4 is 0 Å². The summed E-state index contributed by atoms with van der Waals surface area (Å²) in [5.41, 5.74) is 0. The monoisotopic (exact) mass is 286 g/mol. The van der Waals surface area contributed by atoms with Crippen LogP contribution in [0.5, 0.6) is 0 Å². The zero-order chi connectivity index (χ0) is 15.7. The van der Waals surface area contributed by atoms with E-state index in [1.807, 2.05) is 0 Å². The summed E-state index contributed by atoms with van der Waals surface area (Å²) in [7, 11) is 0. The van der Waals surface area contributed by atoms with Gasteiger partial charge < -0.3 is 19.7 Å². The lowest BCUT2D eigenvalue weighted by molar-refractivity contribution is -0.174. The molecule has 10 heteroatoms. The van der Waals surface area contributed by atoms with Gasteiger partial charge in [0.05, 0.1) is 0 Å². The molecule has 0 heterocycles. The van der Waals surface area contributed by atoms with Crippen molar-refractivity contribution >= 4 is 35.8 Å². The van der Waals surface area contributed by atoms with Crippen molar-refractivity contribution in [3.8, 4) is 0 Å². The molecule has 0 amide bonds. The SMILES string of the molecule is O=C(O)/C=C\C(=O)OC(=O)C(=O)OC(=O)/C=C\C(=O)O. The highest BCUT2D eigenvalue weighted by atomic mass is 16.6. The van der Waals surface area contributed by atoms with Crippen molar-refractivity contribution in [1.82, 2.24) is 0 Å². The second-order valence-corrected chi connectivity index (χ2v) is 2.76. The Morgan fingerprint density at radius 1 is 0.600 bits per heavy atom. The van der Waals surface area contributed by atoms with Gasteiger partial charge >= 0.3 is 35.8 Å². The number of esters is 4. The van der Waals surface area contributed by atoms with Gasteiger partial charge in [0.25, 0.3) is 0 Å². The minimum Gasteiger partial charge on any atom is -0.478 e. The first kappa shape index (κ1) is 16.7. The van der Waals surface area contributed by atoms with Crippen LogP contribution in [0, 0.1) is 0 Å². The maximum absolute atomic E-state index is 10.9. The van der Waals surface area contributed by atoms with Gasteiger partial charge in [-0.25, -0.2) is 28.8 Å². The fourth-order valence-corrected chi connectivity index (χ4v) is 0.613. The van der Waals surface area contributed by atoms with Gasteiger partial charge in [-0.05, 0) is 0 Å². The zero-order valence-corrected chi connectivity index (χ0v) is 9.47. The van der Waals surface area contributed by atoms with Gasteiger partial charge in [0, 0.05) is 24.3 Å². The molecule has 2 N–H and O–H groups in total. The largest absolute Gasteiger partial charge is 0.478 e. The summed E-state index contributed by atoms with van der Waals surface area (Å²) in [6.45, 7) is 0. The number of aliphatic carboxylic acids is 2. The van der Waals surface area contributed by atoms with Crippen molar-refractivity contribution in [2.24, 2.45) is 0 Å². The predicted molar refractivity (Wildman–Crippen MR) is 55.7 cm³/mol. The molecule has 0 aliphatic heterocycles. The van der Waals surface area contributed by atoms with Crippen LogP contribution in [-0.2, 0) is 38.2 Å². The van der Waals surface area contributed by atoms with Gasteiger partial charge in [-0.15, -0.1) is 0 Å². The number of rotatable bonds is 4. The molecule has 0 atom stereocenters. The predicted octanol–water partition coefficient (Wildman–Crippen LogP) is -1.59. The minimum atomic E-state index is -1.87. The highest BCUT2D eigenvalue weighted by Gasteiger charge is 2.22. The van der Waals surface area contributed by atoms with Crippen LogP contribution in [0.15, 0.2) is 24.3 Å². The third-order valence-electron chi connectivity index (χ3n) is 1.28. The van der Waals surface area contributed by atoms with Crippen molar-refractivity contribution in [1.29, 1.82) is 0 Å². The van der Waals surface area contributed by atoms with Gasteiger partial charge in [-0.1, -0.05) is 0 Å². The summed E-state index contributed by atoms with van der Waals surface area (Å²) in [4.78, 5) is 63.4. The highest BCUT2D eigenvalue weighted by molar-refractivity contribution is 6.33. The number of carbonyl (C=O) groups is 6. The van der Waals surface area contributed by atoms with E-state index in [1.54, 1.807) is 0 Å². The number of carboxylic acids is 2. The second kappa shape index (κ2) is 7.92. The third-order valence-corrected chi connectivity index (χ3v) is 1.28. The van der Waals surface area contributed by atoms with E-state index in [2.05, 4.69) is 9.47 Å². The Morgan fingerprint density at radius 2 is 0.900 bits per heavy atom. The molecule has 0 aromatic heterocycles. The van der Waals surface area contributed by atoms with Crippen LogP contribution in [0.4, 0.5) is 0 Å². The van der Waals surface area contributed by atoms with Crippen LogP contribution in [0.2, 0.25) is 0 Å². The molecule has 0 bridgehead atoms. The van der Waals surface area contributed by atoms with Crippen molar-refractivity contribution in [3.05, 3.63) is 24.3 Å². The van der Waals surface area contributed by atoms with Crippen molar-refractivity contribution in [2.75, 3.05) is 0 Å². The van der Waals surface area contributed by atoms with E-state index in [-0.39, 0.29) is 0 Å². The van der Waals surface area contributed by atoms with Crippen LogP contribution in [0.3, 0.4) is 0 Å². The van der Waals surface area contributed by atoms with Gasteiger partial charge in [0.2, 0.25) is 0 Å². The topological polar surface area (TPSA) is 161 Å². The smallest absolute Gasteiger partial charge is 0.425 e. The summed E-state index contributed by atoms with van der Waals surface area (Å²) >= 11 is 0. The summed E-state index contributed by atoms with van der Waals surface area (Å²) < 4.78 is 7.59. The van der Waals surface area contributed by atoms with Crippen LogP contribution >= 0.6 is 0 Å². The first-order valence-corrected chi connectivity index (χ1v) is 4.56. The van der Waals surface area contributed by atoms with E-state index >= 15 is 0 Å². The molecule has 0 aromatic rings. The van der Waals surface area contributed by atoms with Crippen LogP contribution in [-0.4, -0.2) is 46.0 Å². The number of hydrogen-bond acceptors (Lipinski definition) is 8. The lowest BCUT2D eigenvalue weighted by Gasteiger charge is -1.98. The molecule has 0 saturated carbocycles. The van der Waals surface area contributed by atoms with Gasteiger partial charge in [0.1, 0.15) is 0 Å². The molecule has 106 valence electrons. The highest BCUT2D eigenvalue weighted by Crippen LogP contribution is 1.90. The Balaban J connectivity index is 4.39. The van der Waals surface area contributed by atoms with E-state index < -0.39 is 35.8 Å². The van der Waals surface area contributed by atoms with Crippen molar-refractivity contribution < 1.29 is 48.5 Å². The summed E-state index contributed by atoms with van der Waals surface area (Å²) in [6.07, 6.45) is 1.39. The number of hydrogen-bond donors (Lipinski definition) is 2. The van der Waals surface area contributed by atoms with Crippen LogP contribution in [0.1, 0.15) is 0 Å². The lowest BCUT2D eigenvalue weighted by Crippen LogP contribution is -2.24. The molecule has 10 nitrogen and oxygen atoms in total. The fraction of sp³-hybridized carbons (Fsp3) is 0. The standard InChI is InChI=1S/C10H6O10/c11-5(12)1-3-7(15)19-9(17)10(18)20-8(16)4-2-6(13)14/h1-4H,(H,11,12)(H,13,14)/b3-1-,4-2-. The molecule has 0 saturated heterocycles. The normalized spacial score (nSPS) is 10.2. The van der Waals surface area contributed by atoms with E-state index in [9.17, 15) is 28.8 Å². The molecule has 20 heavy (non-hydrogen) atoms. The number of carboxylic acid groups (broad SMARTS) is 2. The summed E-state index contributed by atoms with van der Waals surface area (Å²) in [5.74, 6) is -9.67. The average Bonchev–Trinajstić information content (AvgIpc) is 2.33. The average molecular weight is 286 g/mol. The molecule has 0 aromatic carbocycles. The Morgan fingerprint density at radius 3 is 1.15 bits per heavy atom. The van der Waals surface area contributed by atoms with E-state index in [0.717, 1.165) is 0 Å². The Labute approximate surface area is 109 Å². The van der Waals surface area contributed by atoms with Gasteiger partial charge in [-0.2, -0.15) is 0 Å². The first-order chi connectivity index (χ1) is 9.22. The minimum absolute atomic E-state index is 0.347. The summed E-state index contributed by atoms with van der Waals surface area (Å²) in [6, 6.07) is 0. The zero-order valence-electron chi connectivity index (χ0n) is 9.47. The van der Waals surface area contributed by atoms with Crippen molar-refractivity contribution in [2.45, 2.75) is 0 Å². The molecule has 0 fully saturated rings. The number of ether oxygens (including phenoxy) is 2. The molecule has 0 spiro atoms. The fourth-order valence-electron chi connectivity index (χ4n) is 0.613. The Hall–Kier alpha value is -3.30. The van der Waals surface area contributed by atoms with E-state index in [1.165, 1.54) is 0 Å². The quantitative estimate of drug-likeness (QED) is 0.266. The Kier molecular flexibility index (Phi) is 6.61. The van der Waals surface area contributed by atoms with E-state index in [0.29, 0.717) is 24.3 Å². The molecule has 0 aliphatic carbocycles. The molecule has 0 unspecified atom stereocenters. The van der Waals surface area contributed by atoms with Gasteiger partial charge in [0.15, 0.2) is 0 Å². The molecule has 0 aliphatic rings. The third kappa shape index (κ3) is 7.89. The molecular formula is C10H6O10. The van der Waals surface area contributed by atoms with Crippen LogP contribution in [0.25, 0.3) is 0 Å². The van der Waals surface area contributed by atoms with E-state index in [4.69, 9.17) is 10.2 Å². The first-order valence-electron chi connectivity index (χ1n) is 4.56. The van der Waals surface area contributed by atoms with Gasteiger partial charge in [-0.3, -0.25) is 0 Å². The molecule has 0 rings (SSSR count). The number of carbonyl (C=O) groups excluding carboxylic acids is 4. The summed E-state index contributed by atoms with van der Waals surface area (Å²) in [5, 5.41) is 16.3.